The van der Waals surface area contributed by atoms with Crippen molar-refractivity contribution in [3.05, 3.63) is 0 Å². The number of hydrogen-bond donors (Lipinski definition) is 1. The summed E-state index contributed by atoms with van der Waals surface area (Å²) in [6.45, 7) is 2.98. The number of nitrogens with two attached hydrogens (primary N) is 1. The van der Waals surface area contributed by atoms with Crippen LogP contribution in [-0.2, 0) is 0 Å². The topological polar surface area (TPSA) is 26.0 Å². The molecule has 0 bridgehead atoms. The van der Waals surface area contributed by atoms with Crippen LogP contribution in [0.4, 0.5) is 0 Å². The first-order valence-corrected chi connectivity index (χ1v) is 2.12. The van der Waals surface area contributed by atoms with Gasteiger partial charge >= 0.3 is 0 Å². The maximum absolute atomic E-state index is 5.14. The van der Waals surface area contributed by atoms with E-state index in [2.05, 4.69) is 6.92 Å². The highest BCUT2D eigenvalue weighted by atomic mass is 14.5. The van der Waals surface area contributed by atoms with Crippen LogP contribution in [0, 0.1) is 0 Å². The predicted octanol–water partition coefficient (Wildman–Crippen LogP) is 1.38. The Morgan fingerprint density at radius 2 is 2.00 bits per heavy atom. The van der Waals surface area contributed by atoms with Crippen LogP contribution in [0.25, 0.3) is 0 Å². The summed E-state index contributed by atoms with van der Waals surface area (Å²) in [4.78, 5) is 0. The third-order valence-electron chi connectivity index (χ3n) is 0.558. The minimum atomic E-state index is 0. The van der Waals surface area contributed by atoms with Gasteiger partial charge in [-0.1, -0.05) is 20.8 Å². The molecule has 0 aromatic rings. The van der Waals surface area contributed by atoms with Gasteiger partial charge in [0.15, 0.2) is 0 Å². The third-order valence-corrected chi connectivity index (χ3v) is 0.558. The molecule has 0 saturated heterocycles. The van der Waals surface area contributed by atoms with Crippen molar-refractivity contribution >= 4 is 0 Å². The summed E-state index contributed by atoms with van der Waals surface area (Å²) < 4.78 is 0. The molecule has 0 aliphatic rings. The standard InChI is InChI=1S/C4H11N.CH4/c1-2-3-4-5;/h2-5H2,1H3;1H4. The van der Waals surface area contributed by atoms with Crippen molar-refractivity contribution in [3.63, 3.8) is 0 Å². The monoisotopic (exact) mass is 89.1 g/mol. The average molecular weight is 89.2 g/mol. The SMILES string of the molecule is C.CCCCN. The summed E-state index contributed by atoms with van der Waals surface area (Å²) in [5.41, 5.74) is 5.14. The predicted molar refractivity (Wildman–Crippen MR) is 30.7 cm³/mol. The van der Waals surface area contributed by atoms with E-state index in [0.717, 1.165) is 6.54 Å². The van der Waals surface area contributed by atoms with Crippen molar-refractivity contribution in [2.24, 2.45) is 5.73 Å². The highest BCUT2D eigenvalue weighted by Gasteiger charge is 1.67. The van der Waals surface area contributed by atoms with Crippen LogP contribution in [-0.4, -0.2) is 6.54 Å². The lowest BCUT2D eigenvalue weighted by Crippen LogP contribution is -1.95. The summed E-state index contributed by atoms with van der Waals surface area (Å²) in [6.07, 6.45) is 2.39. The van der Waals surface area contributed by atoms with Crippen LogP contribution in [0.1, 0.15) is 27.2 Å². The van der Waals surface area contributed by atoms with Crippen LogP contribution >= 0.6 is 0 Å². The van der Waals surface area contributed by atoms with Crippen molar-refractivity contribution in [1.29, 1.82) is 0 Å². The molecule has 40 valence electrons. The van der Waals surface area contributed by atoms with Gasteiger partial charge in [-0.05, 0) is 13.0 Å². The molecule has 0 rings (SSSR count). The lowest BCUT2D eigenvalue weighted by atomic mass is 10.3. The molecule has 0 aliphatic heterocycles. The smallest absolute Gasteiger partial charge is 0.00774 e. The molecule has 1 heteroatoms. The van der Waals surface area contributed by atoms with Gasteiger partial charge in [0.25, 0.3) is 0 Å². The number of unbranched alkanes of at least 4 members (excludes halogenated alkanes) is 1. The first-order valence-electron chi connectivity index (χ1n) is 2.12. The van der Waals surface area contributed by atoms with Gasteiger partial charge in [0.05, 0.1) is 0 Å². The molecule has 1 nitrogen and oxygen atoms in total. The van der Waals surface area contributed by atoms with E-state index < -0.39 is 0 Å². The van der Waals surface area contributed by atoms with E-state index in [9.17, 15) is 0 Å². The van der Waals surface area contributed by atoms with Crippen molar-refractivity contribution in [2.75, 3.05) is 6.54 Å². The number of hydrogen-bond acceptors (Lipinski definition) is 1. The van der Waals surface area contributed by atoms with Gasteiger partial charge in [-0.2, -0.15) is 0 Å². The highest BCUT2D eigenvalue weighted by molar-refractivity contribution is 4.29. The maximum atomic E-state index is 5.14. The molecule has 0 saturated carbocycles. The fourth-order valence-electron chi connectivity index (χ4n) is 0.204. The molecule has 0 radical (unpaired) electrons. The van der Waals surface area contributed by atoms with Crippen LogP contribution in [0.15, 0.2) is 0 Å². The van der Waals surface area contributed by atoms with E-state index in [1.165, 1.54) is 12.8 Å². The van der Waals surface area contributed by atoms with Gasteiger partial charge in [0.1, 0.15) is 0 Å². The first kappa shape index (κ1) is 9.35. The fraction of sp³-hybridized carbons (Fsp3) is 1.00. The fourth-order valence-corrected chi connectivity index (χ4v) is 0.204. The molecule has 0 spiro atoms. The largest absolute Gasteiger partial charge is 0.330 e. The summed E-state index contributed by atoms with van der Waals surface area (Å²) in [5, 5.41) is 0. The summed E-state index contributed by atoms with van der Waals surface area (Å²) >= 11 is 0. The third kappa shape index (κ3) is 9.03. The molecule has 0 unspecified atom stereocenters. The van der Waals surface area contributed by atoms with E-state index in [0.29, 0.717) is 0 Å². The van der Waals surface area contributed by atoms with Crippen LogP contribution in [0.2, 0.25) is 0 Å². The lowest BCUT2D eigenvalue weighted by molar-refractivity contribution is 0.807. The quantitative estimate of drug-likeness (QED) is 0.543. The molecule has 0 amide bonds. The van der Waals surface area contributed by atoms with E-state index in [1.807, 2.05) is 0 Å². The van der Waals surface area contributed by atoms with Gasteiger partial charge in [-0.3, -0.25) is 0 Å². The number of rotatable bonds is 2. The molecule has 0 aliphatic carbocycles. The normalized spacial score (nSPS) is 7.00. The highest BCUT2D eigenvalue weighted by Crippen LogP contribution is 1.77. The van der Waals surface area contributed by atoms with Crippen molar-refractivity contribution in [1.82, 2.24) is 0 Å². The zero-order chi connectivity index (χ0) is 4.12. The molecule has 6 heavy (non-hydrogen) atoms. The molecule has 0 atom stereocenters. The van der Waals surface area contributed by atoms with Gasteiger partial charge < -0.3 is 5.73 Å². The zero-order valence-electron chi connectivity index (χ0n) is 3.70. The molecule has 2 N–H and O–H groups in total. The van der Waals surface area contributed by atoms with E-state index in [-0.39, 0.29) is 7.43 Å². The van der Waals surface area contributed by atoms with Gasteiger partial charge in [-0.25, -0.2) is 0 Å². The van der Waals surface area contributed by atoms with Crippen molar-refractivity contribution < 1.29 is 0 Å². The van der Waals surface area contributed by atoms with Crippen molar-refractivity contribution in [2.45, 2.75) is 27.2 Å². The van der Waals surface area contributed by atoms with Crippen LogP contribution < -0.4 is 5.73 Å². The minimum Gasteiger partial charge on any atom is -0.330 e. The second-order valence-electron chi connectivity index (χ2n) is 1.14. The Bertz CT molecular complexity index is 11.4. The second kappa shape index (κ2) is 8.88. The summed E-state index contributed by atoms with van der Waals surface area (Å²) in [7, 11) is 0. The van der Waals surface area contributed by atoms with Crippen LogP contribution in [0.5, 0.6) is 0 Å². The molecule has 0 heterocycles. The Labute approximate surface area is 40.5 Å². The van der Waals surface area contributed by atoms with Gasteiger partial charge in [0, 0.05) is 0 Å². The molecule has 0 aromatic carbocycles. The van der Waals surface area contributed by atoms with E-state index >= 15 is 0 Å². The maximum Gasteiger partial charge on any atom is -0.00774 e. The van der Waals surface area contributed by atoms with Gasteiger partial charge in [0.2, 0.25) is 0 Å². The lowest BCUT2D eigenvalue weighted by Gasteiger charge is -1.80. The Kier molecular flexibility index (Phi) is 13.8. The van der Waals surface area contributed by atoms with E-state index in [4.69, 9.17) is 5.73 Å². The summed E-state index contributed by atoms with van der Waals surface area (Å²) in [5.74, 6) is 0. The zero-order valence-corrected chi connectivity index (χ0v) is 3.70. The Hall–Kier alpha value is -0.0400. The molecule has 0 aromatic heterocycles. The molecule has 0 fully saturated rings. The average Bonchev–Trinajstić information content (AvgIpc) is 1.41. The van der Waals surface area contributed by atoms with E-state index in [1.54, 1.807) is 0 Å². The second-order valence-corrected chi connectivity index (χ2v) is 1.14. The Morgan fingerprint density at radius 1 is 1.50 bits per heavy atom. The molecular formula is C5H15N. The first-order chi connectivity index (χ1) is 2.41. The minimum absolute atomic E-state index is 0. The molecular weight excluding hydrogens is 74.1 g/mol. The summed E-state index contributed by atoms with van der Waals surface area (Å²) in [6, 6.07) is 0. The Balaban J connectivity index is 0. The van der Waals surface area contributed by atoms with Crippen molar-refractivity contribution in [3.8, 4) is 0 Å². The van der Waals surface area contributed by atoms with Crippen LogP contribution in [0.3, 0.4) is 0 Å². The Morgan fingerprint density at radius 3 is 2.00 bits per heavy atom. The van der Waals surface area contributed by atoms with Gasteiger partial charge in [-0.15, -0.1) is 0 Å².